The third kappa shape index (κ3) is 4.29. The molecule has 1 saturated heterocycles. The zero-order chi connectivity index (χ0) is 18.5. The highest BCUT2D eigenvalue weighted by atomic mass is 16.5. The second kappa shape index (κ2) is 8.15. The van der Waals surface area contributed by atoms with Gasteiger partial charge in [-0.05, 0) is 49.2 Å². The Kier molecular flexibility index (Phi) is 5.68. The minimum atomic E-state index is -0.0693. The third-order valence-electron chi connectivity index (χ3n) is 4.66. The molecule has 1 atom stereocenters. The second-order valence-electron chi connectivity index (χ2n) is 6.65. The molecule has 1 aliphatic heterocycles. The number of benzene rings is 2. The van der Waals surface area contributed by atoms with Crippen molar-refractivity contribution in [2.75, 3.05) is 25.1 Å². The maximum absolute atomic E-state index is 12.6. The summed E-state index contributed by atoms with van der Waals surface area (Å²) in [6, 6.07) is 15.0. The summed E-state index contributed by atoms with van der Waals surface area (Å²) in [5.74, 6) is -0.0706. The van der Waals surface area contributed by atoms with Crippen molar-refractivity contribution in [1.82, 2.24) is 4.90 Å². The third-order valence-corrected chi connectivity index (χ3v) is 4.66. The smallest absolute Gasteiger partial charge is 0.254 e. The van der Waals surface area contributed by atoms with Crippen molar-refractivity contribution in [2.24, 2.45) is 0 Å². The molecule has 1 N–H and O–H groups in total. The molecular weight excluding hydrogens is 328 g/mol. The van der Waals surface area contributed by atoms with Crippen LogP contribution in [0.15, 0.2) is 48.5 Å². The summed E-state index contributed by atoms with van der Waals surface area (Å²) in [5.41, 5.74) is 3.42. The van der Waals surface area contributed by atoms with Crippen LogP contribution in [0.4, 0.5) is 5.69 Å². The zero-order valence-electron chi connectivity index (χ0n) is 15.2. The molecule has 1 fully saturated rings. The summed E-state index contributed by atoms with van der Waals surface area (Å²) >= 11 is 0. The Labute approximate surface area is 154 Å². The lowest BCUT2D eigenvalue weighted by Crippen LogP contribution is -2.47. The van der Waals surface area contributed by atoms with Crippen LogP contribution in [0.5, 0.6) is 0 Å². The Morgan fingerprint density at radius 1 is 1.15 bits per heavy atom. The Morgan fingerprint density at radius 2 is 1.88 bits per heavy atom. The van der Waals surface area contributed by atoms with Crippen LogP contribution in [0.2, 0.25) is 0 Å². The van der Waals surface area contributed by atoms with Gasteiger partial charge < -0.3 is 15.0 Å². The van der Waals surface area contributed by atoms with Gasteiger partial charge in [-0.15, -0.1) is 0 Å². The molecule has 136 valence electrons. The van der Waals surface area contributed by atoms with E-state index < -0.39 is 0 Å². The van der Waals surface area contributed by atoms with Crippen molar-refractivity contribution in [3.63, 3.8) is 0 Å². The van der Waals surface area contributed by atoms with Gasteiger partial charge in [-0.1, -0.05) is 24.3 Å². The number of carbonyl (C=O) groups is 2. The lowest BCUT2D eigenvalue weighted by atomic mass is 10.1. The summed E-state index contributed by atoms with van der Waals surface area (Å²) in [4.78, 5) is 26.7. The first-order chi connectivity index (χ1) is 12.5. The van der Waals surface area contributed by atoms with Gasteiger partial charge >= 0.3 is 0 Å². The van der Waals surface area contributed by atoms with Crippen molar-refractivity contribution in [3.05, 3.63) is 65.2 Å². The fourth-order valence-electron chi connectivity index (χ4n) is 3.08. The molecule has 5 heteroatoms. The van der Waals surface area contributed by atoms with Crippen molar-refractivity contribution in [1.29, 1.82) is 0 Å². The second-order valence-corrected chi connectivity index (χ2v) is 6.65. The summed E-state index contributed by atoms with van der Waals surface area (Å²) in [5, 5.41) is 2.89. The van der Waals surface area contributed by atoms with E-state index in [1.165, 1.54) is 0 Å². The SMILES string of the molecule is Cc1ccccc1CC(=O)Nc1ccc(C(=O)N2CCOCC2C)cc1. The van der Waals surface area contributed by atoms with Crippen molar-refractivity contribution in [2.45, 2.75) is 26.3 Å². The van der Waals surface area contributed by atoms with Gasteiger partial charge in [-0.25, -0.2) is 0 Å². The van der Waals surface area contributed by atoms with Crippen LogP contribution in [0.3, 0.4) is 0 Å². The minimum absolute atomic E-state index is 0.00131. The molecule has 0 spiro atoms. The van der Waals surface area contributed by atoms with Gasteiger partial charge in [-0.3, -0.25) is 9.59 Å². The lowest BCUT2D eigenvalue weighted by molar-refractivity contribution is -0.115. The first-order valence-electron chi connectivity index (χ1n) is 8.88. The van der Waals surface area contributed by atoms with Gasteiger partial charge in [0, 0.05) is 17.8 Å². The quantitative estimate of drug-likeness (QED) is 0.920. The van der Waals surface area contributed by atoms with Crippen LogP contribution in [0, 0.1) is 6.92 Å². The van der Waals surface area contributed by atoms with E-state index in [0.717, 1.165) is 11.1 Å². The summed E-state index contributed by atoms with van der Waals surface area (Å²) in [6.07, 6.45) is 0.332. The van der Waals surface area contributed by atoms with Crippen LogP contribution in [0.1, 0.15) is 28.4 Å². The normalized spacial score (nSPS) is 17.0. The van der Waals surface area contributed by atoms with Crippen LogP contribution in [-0.4, -0.2) is 42.5 Å². The average Bonchev–Trinajstić information content (AvgIpc) is 2.64. The van der Waals surface area contributed by atoms with E-state index in [9.17, 15) is 9.59 Å². The number of rotatable bonds is 4. The fourth-order valence-corrected chi connectivity index (χ4v) is 3.08. The van der Waals surface area contributed by atoms with Crippen LogP contribution in [-0.2, 0) is 16.0 Å². The summed E-state index contributed by atoms with van der Waals surface area (Å²) in [7, 11) is 0. The van der Waals surface area contributed by atoms with E-state index in [1.807, 2.05) is 43.0 Å². The Morgan fingerprint density at radius 3 is 2.58 bits per heavy atom. The molecule has 2 aromatic rings. The first kappa shape index (κ1) is 18.1. The molecule has 0 radical (unpaired) electrons. The molecule has 2 amide bonds. The van der Waals surface area contributed by atoms with E-state index in [0.29, 0.717) is 37.4 Å². The number of hydrogen-bond donors (Lipinski definition) is 1. The van der Waals surface area contributed by atoms with Crippen molar-refractivity contribution >= 4 is 17.5 Å². The van der Waals surface area contributed by atoms with Crippen LogP contribution >= 0.6 is 0 Å². The van der Waals surface area contributed by atoms with Gasteiger partial charge in [0.25, 0.3) is 5.91 Å². The molecule has 5 nitrogen and oxygen atoms in total. The van der Waals surface area contributed by atoms with E-state index in [2.05, 4.69) is 5.32 Å². The molecule has 26 heavy (non-hydrogen) atoms. The number of aryl methyl sites for hydroxylation is 1. The summed E-state index contributed by atoms with van der Waals surface area (Å²) < 4.78 is 5.38. The molecule has 0 saturated carbocycles. The van der Waals surface area contributed by atoms with E-state index in [4.69, 9.17) is 4.74 Å². The molecule has 0 aromatic heterocycles. The number of nitrogens with one attached hydrogen (secondary N) is 1. The monoisotopic (exact) mass is 352 g/mol. The maximum atomic E-state index is 12.6. The van der Waals surface area contributed by atoms with Crippen molar-refractivity contribution < 1.29 is 14.3 Å². The molecule has 1 aliphatic rings. The summed E-state index contributed by atoms with van der Waals surface area (Å²) in [6.45, 7) is 5.73. The van der Waals surface area contributed by atoms with E-state index in [-0.39, 0.29) is 17.9 Å². The predicted octanol–water partition coefficient (Wildman–Crippen LogP) is 3.04. The van der Waals surface area contributed by atoms with Gasteiger partial charge in [0.2, 0.25) is 5.91 Å². The number of amides is 2. The number of hydrogen-bond acceptors (Lipinski definition) is 3. The molecule has 3 rings (SSSR count). The van der Waals surface area contributed by atoms with Crippen molar-refractivity contribution in [3.8, 4) is 0 Å². The maximum Gasteiger partial charge on any atom is 0.254 e. The van der Waals surface area contributed by atoms with E-state index >= 15 is 0 Å². The molecular formula is C21H24N2O3. The van der Waals surface area contributed by atoms with Crippen LogP contribution in [0.25, 0.3) is 0 Å². The number of nitrogens with zero attached hydrogens (tertiary/aromatic N) is 1. The average molecular weight is 352 g/mol. The molecule has 0 aliphatic carbocycles. The fraction of sp³-hybridized carbons (Fsp3) is 0.333. The van der Waals surface area contributed by atoms with E-state index in [1.54, 1.807) is 24.3 Å². The minimum Gasteiger partial charge on any atom is -0.377 e. The number of morpholine rings is 1. The Hall–Kier alpha value is -2.66. The lowest BCUT2D eigenvalue weighted by Gasteiger charge is -2.33. The predicted molar refractivity (Wildman–Crippen MR) is 101 cm³/mol. The van der Waals surface area contributed by atoms with Gasteiger partial charge in [0.15, 0.2) is 0 Å². The molecule has 1 heterocycles. The van der Waals surface area contributed by atoms with Gasteiger partial charge in [-0.2, -0.15) is 0 Å². The standard InChI is InChI=1S/C21H24N2O3/c1-15-5-3-4-6-18(15)13-20(24)22-19-9-7-17(8-10-19)21(25)23-11-12-26-14-16(23)2/h3-10,16H,11-14H2,1-2H3,(H,22,24). The highest BCUT2D eigenvalue weighted by Gasteiger charge is 2.24. The molecule has 2 aromatic carbocycles. The topological polar surface area (TPSA) is 58.6 Å². The number of anilines is 1. The molecule has 0 bridgehead atoms. The number of carbonyl (C=O) groups excluding carboxylic acids is 2. The highest BCUT2D eigenvalue weighted by Crippen LogP contribution is 2.16. The highest BCUT2D eigenvalue weighted by molar-refractivity contribution is 5.96. The first-order valence-corrected chi connectivity index (χ1v) is 8.88. The Balaban J connectivity index is 1.61. The Bertz CT molecular complexity index is 786. The largest absolute Gasteiger partial charge is 0.377 e. The van der Waals surface area contributed by atoms with Gasteiger partial charge in [0.05, 0.1) is 25.7 Å². The van der Waals surface area contributed by atoms with Gasteiger partial charge in [0.1, 0.15) is 0 Å². The zero-order valence-corrected chi connectivity index (χ0v) is 15.2. The molecule has 1 unspecified atom stereocenters. The van der Waals surface area contributed by atoms with Crippen LogP contribution < -0.4 is 5.32 Å². The number of ether oxygens (including phenoxy) is 1.